The third-order valence-corrected chi connectivity index (χ3v) is 2.25. The summed E-state index contributed by atoms with van der Waals surface area (Å²) in [6.45, 7) is 0. The van der Waals surface area contributed by atoms with Crippen molar-refractivity contribution in [3.63, 3.8) is 0 Å². The molecular formula is C9H10NO6S-. The quantitative estimate of drug-likeness (QED) is 0.300. The number of rotatable bonds is 7. The van der Waals surface area contributed by atoms with Crippen LogP contribution in [0.15, 0.2) is 24.3 Å². The number of carboxylic acid groups (broad SMARTS) is 1. The molecule has 0 heterocycles. The van der Waals surface area contributed by atoms with Crippen LogP contribution in [0.4, 0.5) is 0 Å². The molecule has 1 unspecified atom stereocenters. The van der Waals surface area contributed by atoms with Crippen molar-refractivity contribution >= 4 is 18.3 Å². The molecule has 0 fully saturated rings. The van der Waals surface area contributed by atoms with Crippen LogP contribution in [-0.2, 0) is 20.6 Å². The van der Waals surface area contributed by atoms with E-state index in [0.717, 1.165) is 5.56 Å². The predicted molar refractivity (Wildman–Crippen MR) is 56.1 cm³/mol. The van der Waals surface area contributed by atoms with Gasteiger partial charge < -0.3 is 20.3 Å². The molecule has 8 heteroatoms. The van der Waals surface area contributed by atoms with E-state index in [2.05, 4.69) is 9.37 Å². The molecule has 0 saturated carbocycles. The molecule has 1 aromatic carbocycles. The molecule has 3 N–H and O–H groups in total. The fourth-order valence-electron chi connectivity index (χ4n) is 1.09. The lowest BCUT2D eigenvalue weighted by Gasteiger charge is -2.07. The molecule has 0 aliphatic carbocycles. The van der Waals surface area contributed by atoms with Crippen LogP contribution in [0.1, 0.15) is 5.56 Å². The third-order valence-electron chi connectivity index (χ3n) is 1.88. The van der Waals surface area contributed by atoms with Gasteiger partial charge in [0.2, 0.25) is 0 Å². The molecule has 0 aromatic heterocycles. The normalized spacial score (nSPS) is 12.1. The van der Waals surface area contributed by atoms with Crippen molar-refractivity contribution in [3.05, 3.63) is 29.8 Å². The van der Waals surface area contributed by atoms with Crippen molar-refractivity contribution in [2.45, 2.75) is 12.5 Å². The first-order chi connectivity index (χ1) is 8.13. The predicted octanol–water partition coefficient (Wildman–Crippen LogP) is -0.194. The Morgan fingerprint density at radius 3 is 2.65 bits per heavy atom. The molecule has 17 heavy (non-hydrogen) atoms. The van der Waals surface area contributed by atoms with Crippen molar-refractivity contribution in [2.75, 3.05) is 0 Å². The van der Waals surface area contributed by atoms with E-state index in [1.54, 1.807) is 24.3 Å². The second-order valence-corrected chi connectivity index (χ2v) is 3.52. The fourth-order valence-corrected chi connectivity index (χ4v) is 1.33. The van der Waals surface area contributed by atoms with Crippen LogP contribution in [-0.4, -0.2) is 17.1 Å². The number of hydrogen-bond acceptors (Lipinski definition) is 7. The Morgan fingerprint density at radius 2 is 2.12 bits per heavy atom. The van der Waals surface area contributed by atoms with Crippen molar-refractivity contribution in [1.82, 2.24) is 0 Å². The van der Waals surface area contributed by atoms with Gasteiger partial charge in [0, 0.05) is 0 Å². The molecule has 0 spiro atoms. The molecule has 0 aliphatic rings. The lowest BCUT2D eigenvalue weighted by atomic mass is 10.1. The summed E-state index contributed by atoms with van der Waals surface area (Å²) in [5.74, 6) is -0.624. The second-order valence-electron chi connectivity index (χ2n) is 3.08. The first-order valence-electron chi connectivity index (χ1n) is 4.50. The Morgan fingerprint density at radius 1 is 1.47 bits per heavy atom. The summed E-state index contributed by atoms with van der Waals surface area (Å²) >= 11 is 0.377. The van der Waals surface area contributed by atoms with E-state index in [4.69, 9.17) is 15.0 Å². The van der Waals surface area contributed by atoms with Gasteiger partial charge in [0.1, 0.15) is 11.8 Å². The highest BCUT2D eigenvalue weighted by atomic mass is 32.2. The van der Waals surface area contributed by atoms with Crippen LogP contribution >= 0.6 is 12.3 Å². The summed E-state index contributed by atoms with van der Waals surface area (Å²) < 4.78 is 8.78. The molecule has 0 saturated heterocycles. The average Bonchev–Trinajstić information content (AvgIpc) is 2.31. The van der Waals surface area contributed by atoms with E-state index in [0.29, 0.717) is 18.1 Å². The van der Waals surface area contributed by atoms with E-state index >= 15 is 0 Å². The van der Waals surface area contributed by atoms with E-state index < -0.39 is 12.0 Å². The molecule has 0 bridgehead atoms. The minimum Gasteiger partial charge on any atom is -0.691 e. The standard InChI is InChI=1S/C9H11NO6S/c10-8(9(11)12)5-6-1-3-7(4-2-6)14-17-16-15-13/h1-4,8,13H,5,10H2,(H,11,12)/p-1. The lowest BCUT2D eigenvalue weighted by molar-refractivity contribution is -0.777. The topological polar surface area (TPSA) is 114 Å². The van der Waals surface area contributed by atoms with Crippen molar-refractivity contribution in [1.29, 1.82) is 0 Å². The Kier molecular flexibility index (Phi) is 5.73. The van der Waals surface area contributed by atoms with Gasteiger partial charge in [-0.05, 0) is 24.1 Å². The molecule has 1 rings (SSSR count). The van der Waals surface area contributed by atoms with Gasteiger partial charge in [-0.15, -0.1) is 4.33 Å². The lowest BCUT2D eigenvalue weighted by Crippen LogP contribution is -2.32. The van der Waals surface area contributed by atoms with Crippen LogP contribution in [0.3, 0.4) is 0 Å². The Labute approximate surface area is 101 Å². The van der Waals surface area contributed by atoms with Crippen molar-refractivity contribution < 1.29 is 28.7 Å². The monoisotopic (exact) mass is 260 g/mol. The van der Waals surface area contributed by atoms with Crippen molar-refractivity contribution in [3.8, 4) is 5.75 Å². The summed E-state index contributed by atoms with van der Waals surface area (Å²) in [6.07, 6.45) is 0.225. The van der Waals surface area contributed by atoms with Crippen LogP contribution in [0.2, 0.25) is 0 Å². The number of benzene rings is 1. The van der Waals surface area contributed by atoms with E-state index in [-0.39, 0.29) is 6.42 Å². The van der Waals surface area contributed by atoms with Gasteiger partial charge in [-0.1, -0.05) is 12.1 Å². The Balaban J connectivity index is 2.47. The molecule has 0 amide bonds. The summed E-state index contributed by atoms with van der Waals surface area (Å²) in [6, 6.07) is 5.57. The van der Waals surface area contributed by atoms with Gasteiger partial charge >= 0.3 is 5.97 Å². The minimum absolute atomic E-state index is 0.225. The van der Waals surface area contributed by atoms with E-state index in [1.807, 2.05) is 0 Å². The highest BCUT2D eigenvalue weighted by molar-refractivity contribution is 7.90. The summed E-state index contributed by atoms with van der Waals surface area (Å²) in [4.78, 5) is 10.5. The zero-order chi connectivity index (χ0) is 12.7. The summed E-state index contributed by atoms with van der Waals surface area (Å²) in [5, 5.41) is 21.2. The SMILES string of the molecule is NC(Cc1ccc(OSOO[O-])cc1)C(=O)O. The maximum atomic E-state index is 10.5. The fraction of sp³-hybridized carbons (Fsp3) is 0.222. The van der Waals surface area contributed by atoms with Crippen LogP contribution < -0.4 is 15.2 Å². The molecular weight excluding hydrogens is 250 g/mol. The molecule has 0 aliphatic heterocycles. The molecule has 0 radical (unpaired) electrons. The molecule has 7 nitrogen and oxygen atoms in total. The molecule has 1 aromatic rings. The van der Waals surface area contributed by atoms with Gasteiger partial charge in [0.25, 0.3) is 12.3 Å². The van der Waals surface area contributed by atoms with E-state index in [1.165, 1.54) is 0 Å². The number of carboxylic acids is 1. The summed E-state index contributed by atoms with van der Waals surface area (Å²) in [5.41, 5.74) is 6.14. The van der Waals surface area contributed by atoms with Gasteiger partial charge in [0.15, 0.2) is 0 Å². The minimum atomic E-state index is -1.05. The van der Waals surface area contributed by atoms with Gasteiger partial charge in [0.05, 0.1) is 0 Å². The Hall–Kier alpha value is -1.32. The first-order valence-corrected chi connectivity index (χ1v) is 5.17. The molecule has 1 atom stereocenters. The van der Waals surface area contributed by atoms with Crippen LogP contribution in [0, 0.1) is 0 Å². The largest absolute Gasteiger partial charge is 0.691 e. The van der Waals surface area contributed by atoms with Gasteiger partial charge in [-0.3, -0.25) is 9.83 Å². The smallest absolute Gasteiger partial charge is 0.320 e. The maximum absolute atomic E-state index is 10.5. The van der Waals surface area contributed by atoms with Gasteiger partial charge in [-0.2, -0.15) is 0 Å². The van der Waals surface area contributed by atoms with Crippen LogP contribution in [0.5, 0.6) is 5.75 Å². The van der Waals surface area contributed by atoms with Gasteiger partial charge in [-0.25, -0.2) is 0 Å². The zero-order valence-corrected chi connectivity index (χ0v) is 9.38. The highest BCUT2D eigenvalue weighted by Crippen LogP contribution is 2.18. The second kappa shape index (κ2) is 7.09. The Bertz CT molecular complexity index is 357. The first kappa shape index (κ1) is 13.7. The summed E-state index contributed by atoms with van der Waals surface area (Å²) in [7, 11) is 0. The number of hydrogen-bond donors (Lipinski definition) is 2. The van der Waals surface area contributed by atoms with E-state index in [9.17, 15) is 10.1 Å². The highest BCUT2D eigenvalue weighted by Gasteiger charge is 2.11. The molecule has 94 valence electrons. The average molecular weight is 260 g/mol. The number of nitrogens with two attached hydrogens (primary N) is 1. The number of carbonyl (C=O) groups is 1. The number of aliphatic carboxylic acids is 1. The maximum Gasteiger partial charge on any atom is 0.320 e. The van der Waals surface area contributed by atoms with Crippen LogP contribution in [0.25, 0.3) is 0 Å². The van der Waals surface area contributed by atoms with Crippen molar-refractivity contribution in [2.24, 2.45) is 5.73 Å². The zero-order valence-electron chi connectivity index (χ0n) is 8.57. The third kappa shape index (κ3) is 5.02.